The molecule has 0 spiro atoms. The van der Waals surface area contributed by atoms with Crippen LogP contribution in [0.5, 0.6) is 5.75 Å². The molecule has 33 heavy (non-hydrogen) atoms. The highest BCUT2D eigenvalue weighted by atomic mass is 16.5. The molecule has 7 nitrogen and oxygen atoms in total. The number of benzene rings is 2. The summed E-state index contributed by atoms with van der Waals surface area (Å²) in [6.45, 7) is 1.29. The number of carbonyl (C=O) groups excluding carboxylic acids is 2. The highest BCUT2D eigenvalue weighted by molar-refractivity contribution is 5.94. The van der Waals surface area contributed by atoms with Crippen LogP contribution in [0.2, 0.25) is 0 Å². The minimum atomic E-state index is -0.00156. The Kier molecular flexibility index (Phi) is 7.40. The van der Waals surface area contributed by atoms with Crippen LogP contribution in [0.3, 0.4) is 0 Å². The van der Waals surface area contributed by atoms with Gasteiger partial charge in [0, 0.05) is 31.1 Å². The standard InChI is InChI=1S/C26H30N4O3/c1-33-23-11-6-10-21(19-23)26(32)29-17-14-22(15-18-29)30-24(13-16-27-30)28-25(31)12-5-9-20-7-3-2-4-8-20/h2-4,6-8,10-11,13,16,19,22H,5,9,12,14-15,17-18H2,1H3,(H,28,31). The summed E-state index contributed by atoms with van der Waals surface area (Å²) in [5.41, 5.74) is 1.88. The van der Waals surface area contributed by atoms with Gasteiger partial charge in [0.05, 0.1) is 19.3 Å². The Morgan fingerprint density at radius 2 is 1.85 bits per heavy atom. The Labute approximate surface area is 194 Å². The topological polar surface area (TPSA) is 76.5 Å². The van der Waals surface area contributed by atoms with E-state index in [-0.39, 0.29) is 17.9 Å². The van der Waals surface area contributed by atoms with E-state index in [2.05, 4.69) is 22.5 Å². The number of hydrogen-bond donors (Lipinski definition) is 1. The summed E-state index contributed by atoms with van der Waals surface area (Å²) in [5, 5.41) is 7.47. The normalized spacial score (nSPS) is 14.2. The highest BCUT2D eigenvalue weighted by Crippen LogP contribution is 2.27. The number of amides is 2. The zero-order chi connectivity index (χ0) is 23.0. The van der Waals surface area contributed by atoms with Gasteiger partial charge in [-0.3, -0.25) is 9.59 Å². The molecular weight excluding hydrogens is 416 g/mol. The average Bonchev–Trinajstić information content (AvgIpc) is 3.32. The SMILES string of the molecule is COc1cccc(C(=O)N2CCC(n3nccc3NC(=O)CCCc3ccccc3)CC2)c1. The molecule has 3 aromatic rings. The maximum Gasteiger partial charge on any atom is 0.253 e. The molecule has 2 aromatic carbocycles. The van der Waals surface area contributed by atoms with E-state index in [1.54, 1.807) is 19.4 Å². The maximum absolute atomic E-state index is 12.9. The lowest BCUT2D eigenvalue weighted by Crippen LogP contribution is -2.39. The summed E-state index contributed by atoms with van der Waals surface area (Å²) < 4.78 is 7.12. The molecule has 1 aliphatic rings. The fourth-order valence-corrected chi connectivity index (χ4v) is 4.26. The number of nitrogens with zero attached hydrogens (tertiary/aromatic N) is 3. The number of hydrogen-bond acceptors (Lipinski definition) is 4. The summed E-state index contributed by atoms with van der Waals surface area (Å²) in [6, 6.07) is 19.4. The number of aromatic nitrogens is 2. The van der Waals surface area contributed by atoms with Crippen molar-refractivity contribution in [1.82, 2.24) is 14.7 Å². The van der Waals surface area contributed by atoms with Gasteiger partial charge < -0.3 is 15.0 Å². The Morgan fingerprint density at radius 1 is 1.06 bits per heavy atom. The van der Waals surface area contributed by atoms with E-state index in [1.807, 2.05) is 52.0 Å². The smallest absolute Gasteiger partial charge is 0.253 e. The van der Waals surface area contributed by atoms with Gasteiger partial charge in [0.2, 0.25) is 5.91 Å². The Morgan fingerprint density at radius 3 is 2.61 bits per heavy atom. The molecule has 0 aliphatic carbocycles. The summed E-state index contributed by atoms with van der Waals surface area (Å²) in [6.07, 6.45) is 5.44. The molecule has 0 bridgehead atoms. The van der Waals surface area contributed by atoms with E-state index in [0.717, 1.165) is 31.5 Å². The number of ether oxygens (including phenoxy) is 1. The largest absolute Gasteiger partial charge is 0.497 e. The molecule has 0 atom stereocenters. The van der Waals surface area contributed by atoms with E-state index < -0.39 is 0 Å². The first kappa shape index (κ1) is 22.6. The van der Waals surface area contributed by atoms with Gasteiger partial charge in [0.1, 0.15) is 11.6 Å². The van der Waals surface area contributed by atoms with Crippen molar-refractivity contribution in [2.24, 2.45) is 0 Å². The second-order valence-corrected chi connectivity index (χ2v) is 8.30. The van der Waals surface area contributed by atoms with E-state index in [0.29, 0.717) is 30.8 Å². The van der Waals surface area contributed by atoms with Crippen molar-refractivity contribution < 1.29 is 14.3 Å². The molecule has 2 amide bonds. The molecular formula is C26H30N4O3. The molecule has 1 saturated heterocycles. The quantitative estimate of drug-likeness (QED) is 0.559. The summed E-state index contributed by atoms with van der Waals surface area (Å²) in [5.74, 6) is 1.41. The summed E-state index contributed by atoms with van der Waals surface area (Å²) >= 11 is 0. The highest BCUT2D eigenvalue weighted by Gasteiger charge is 2.26. The monoisotopic (exact) mass is 446 g/mol. The molecule has 0 radical (unpaired) electrons. The van der Waals surface area contributed by atoms with Crippen molar-refractivity contribution in [1.29, 1.82) is 0 Å². The van der Waals surface area contributed by atoms with Gasteiger partial charge in [-0.1, -0.05) is 36.4 Å². The Hall–Kier alpha value is -3.61. The molecule has 0 saturated carbocycles. The molecule has 4 rings (SSSR count). The van der Waals surface area contributed by atoms with E-state index in [4.69, 9.17) is 4.74 Å². The van der Waals surface area contributed by atoms with Gasteiger partial charge in [-0.2, -0.15) is 5.10 Å². The zero-order valence-corrected chi connectivity index (χ0v) is 18.9. The van der Waals surface area contributed by atoms with Gasteiger partial charge in [-0.25, -0.2) is 4.68 Å². The van der Waals surface area contributed by atoms with E-state index in [1.165, 1.54) is 5.56 Å². The third kappa shape index (κ3) is 5.80. The van der Waals surface area contributed by atoms with Crippen LogP contribution in [0.1, 0.15) is 47.6 Å². The Bertz CT molecular complexity index is 1070. The fraction of sp³-hybridized carbons (Fsp3) is 0.346. The number of carbonyl (C=O) groups is 2. The van der Waals surface area contributed by atoms with E-state index in [9.17, 15) is 9.59 Å². The number of rotatable bonds is 8. The van der Waals surface area contributed by atoms with Crippen LogP contribution in [0.25, 0.3) is 0 Å². The number of likely N-dealkylation sites (tertiary alicyclic amines) is 1. The third-order valence-corrected chi connectivity index (χ3v) is 6.06. The van der Waals surface area contributed by atoms with Crippen molar-refractivity contribution in [3.05, 3.63) is 78.0 Å². The third-order valence-electron chi connectivity index (χ3n) is 6.06. The molecule has 7 heteroatoms. The van der Waals surface area contributed by atoms with Crippen LogP contribution in [-0.4, -0.2) is 46.7 Å². The number of aryl methyl sites for hydroxylation is 1. The first-order chi connectivity index (χ1) is 16.1. The van der Waals surface area contributed by atoms with Crippen LogP contribution in [0.15, 0.2) is 66.9 Å². The summed E-state index contributed by atoms with van der Waals surface area (Å²) in [7, 11) is 1.60. The molecule has 0 unspecified atom stereocenters. The first-order valence-electron chi connectivity index (χ1n) is 11.4. The van der Waals surface area contributed by atoms with Crippen LogP contribution in [0, 0.1) is 0 Å². The summed E-state index contributed by atoms with van der Waals surface area (Å²) in [4.78, 5) is 27.2. The van der Waals surface area contributed by atoms with Crippen LogP contribution < -0.4 is 10.1 Å². The van der Waals surface area contributed by atoms with Gasteiger partial charge in [-0.15, -0.1) is 0 Å². The number of nitrogens with one attached hydrogen (secondary N) is 1. The molecule has 2 heterocycles. The predicted molar refractivity (Wildman–Crippen MR) is 127 cm³/mol. The maximum atomic E-state index is 12.9. The van der Waals surface area contributed by atoms with Crippen molar-refractivity contribution >= 4 is 17.6 Å². The molecule has 1 N–H and O–H groups in total. The number of methoxy groups -OCH3 is 1. The van der Waals surface area contributed by atoms with Crippen LogP contribution in [-0.2, 0) is 11.2 Å². The minimum absolute atomic E-state index is 0.00156. The second-order valence-electron chi connectivity index (χ2n) is 8.30. The molecule has 1 fully saturated rings. The Balaban J connectivity index is 1.28. The molecule has 172 valence electrons. The van der Waals surface area contributed by atoms with Crippen molar-refractivity contribution in [3.8, 4) is 5.75 Å². The minimum Gasteiger partial charge on any atom is -0.497 e. The van der Waals surface area contributed by atoms with Gasteiger partial charge in [0.25, 0.3) is 5.91 Å². The lowest BCUT2D eigenvalue weighted by atomic mass is 10.0. The number of piperidine rings is 1. The van der Waals surface area contributed by atoms with Crippen molar-refractivity contribution in [3.63, 3.8) is 0 Å². The first-order valence-corrected chi connectivity index (χ1v) is 11.4. The van der Waals surface area contributed by atoms with Gasteiger partial charge >= 0.3 is 0 Å². The number of anilines is 1. The second kappa shape index (κ2) is 10.8. The average molecular weight is 447 g/mol. The molecule has 1 aliphatic heterocycles. The predicted octanol–water partition coefficient (Wildman–Crippen LogP) is 4.33. The fourth-order valence-electron chi connectivity index (χ4n) is 4.26. The molecule has 1 aromatic heterocycles. The van der Waals surface area contributed by atoms with Crippen LogP contribution >= 0.6 is 0 Å². The van der Waals surface area contributed by atoms with Gasteiger partial charge in [-0.05, 0) is 49.4 Å². The lowest BCUT2D eigenvalue weighted by molar-refractivity contribution is -0.116. The van der Waals surface area contributed by atoms with Crippen molar-refractivity contribution in [2.75, 3.05) is 25.5 Å². The van der Waals surface area contributed by atoms with E-state index >= 15 is 0 Å². The van der Waals surface area contributed by atoms with Gasteiger partial charge in [0.15, 0.2) is 0 Å². The zero-order valence-electron chi connectivity index (χ0n) is 18.9. The van der Waals surface area contributed by atoms with Crippen molar-refractivity contribution in [2.45, 2.75) is 38.1 Å². The lowest BCUT2D eigenvalue weighted by Gasteiger charge is -2.32. The van der Waals surface area contributed by atoms with Crippen LogP contribution in [0.4, 0.5) is 5.82 Å².